The smallest absolute Gasteiger partial charge is 0.285 e. The van der Waals surface area contributed by atoms with E-state index in [0.29, 0.717) is 37.0 Å². The molecule has 13 heteroatoms. The fourth-order valence-electron chi connectivity index (χ4n) is 4.19. The molecule has 1 aliphatic heterocycles. The molecule has 0 saturated carbocycles. The molecule has 0 spiro atoms. The van der Waals surface area contributed by atoms with Gasteiger partial charge < -0.3 is 19.5 Å². The summed E-state index contributed by atoms with van der Waals surface area (Å²) in [6, 6.07) is 8.59. The van der Waals surface area contributed by atoms with Crippen molar-refractivity contribution in [2.75, 3.05) is 45.3 Å². The number of hydrogen-bond acceptors (Lipinski definition) is 11. The van der Waals surface area contributed by atoms with Crippen LogP contribution in [0, 0.1) is 0 Å². The number of nitrogens with one attached hydrogen (secondary N) is 1. The maximum Gasteiger partial charge on any atom is 0.285 e. The van der Waals surface area contributed by atoms with E-state index in [-0.39, 0.29) is 11.4 Å². The number of nitrogens with zero attached hydrogens (tertiary/aromatic N) is 5. The van der Waals surface area contributed by atoms with E-state index in [1.54, 1.807) is 32.5 Å². The molecular formula is C27H34N6O6S. The number of carbonyl (C=O) groups excluding carboxylic acids is 1. The van der Waals surface area contributed by atoms with Crippen molar-refractivity contribution >= 4 is 21.7 Å². The quantitative estimate of drug-likeness (QED) is 0.412. The third-order valence-corrected chi connectivity index (χ3v) is 8.73. The number of rotatable bonds is 8. The maximum atomic E-state index is 12.4. The molecule has 0 radical (unpaired) electrons. The van der Waals surface area contributed by atoms with Crippen molar-refractivity contribution in [3.8, 4) is 28.4 Å². The zero-order valence-electron chi connectivity index (χ0n) is 23.2. The lowest BCUT2D eigenvalue weighted by Crippen LogP contribution is -2.46. The van der Waals surface area contributed by atoms with Crippen LogP contribution in [0.2, 0.25) is 0 Å². The Morgan fingerprint density at radius 1 is 0.975 bits per heavy atom. The average molecular weight is 571 g/mol. The highest BCUT2D eigenvalue weighted by molar-refractivity contribution is 7.91. The number of aromatic nitrogens is 3. The zero-order chi connectivity index (χ0) is 29.1. The first kappa shape index (κ1) is 29.0. The summed E-state index contributed by atoms with van der Waals surface area (Å²) in [5, 5.41) is 17.9. The Morgan fingerprint density at radius 3 is 2.15 bits per heavy atom. The minimum absolute atomic E-state index is 0.0701. The van der Waals surface area contributed by atoms with Gasteiger partial charge in [-0.3, -0.25) is 14.7 Å². The van der Waals surface area contributed by atoms with Crippen molar-refractivity contribution < 1.29 is 27.8 Å². The second kappa shape index (κ2) is 11.6. The summed E-state index contributed by atoms with van der Waals surface area (Å²) in [7, 11) is -0.624. The van der Waals surface area contributed by atoms with E-state index in [2.05, 4.69) is 29.7 Å². The molecule has 40 heavy (non-hydrogen) atoms. The molecule has 0 aliphatic carbocycles. The van der Waals surface area contributed by atoms with E-state index >= 15 is 0 Å². The monoisotopic (exact) mass is 570 g/mol. The van der Waals surface area contributed by atoms with E-state index < -0.39 is 20.7 Å². The molecule has 0 bridgehead atoms. The van der Waals surface area contributed by atoms with E-state index in [9.17, 15) is 18.3 Å². The van der Waals surface area contributed by atoms with Gasteiger partial charge in [0.2, 0.25) is 10.0 Å². The van der Waals surface area contributed by atoms with Crippen molar-refractivity contribution in [3.63, 3.8) is 0 Å². The van der Waals surface area contributed by atoms with Crippen molar-refractivity contribution in [2.45, 2.75) is 32.1 Å². The Morgan fingerprint density at radius 2 is 1.62 bits per heavy atom. The highest BCUT2D eigenvalue weighted by Crippen LogP contribution is 2.36. The fourth-order valence-corrected chi connectivity index (χ4v) is 4.85. The highest BCUT2D eigenvalue weighted by Gasteiger charge is 2.31. The molecule has 2 aromatic heterocycles. The van der Waals surface area contributed by atoms with Crippen LogP contribution in [-0.4, -0.2) is 84.7 Å². The Hall–Kier alpha value is -3.97. The second-order valence-electron chi connectivity index (χ2n) is 10.4. The minimum atomic E-state index is -3.85. The molecule has 0 unspecified atom stereocenters. The van der Waals surface area contributed by atoms with E-state index in [1.807, 2.05) is 12.1 Å². The highest BCUT2D eigenvalue weighted by atomic mass is 32.2. The summed E-state index contributed by atoms with van der Waals surface area (Å²) in [6.07, 6.45) is 3.05. The van der Waals surface area contributed by atoms with Gasteiger partial charge in [0.1, 0.15) is 17.2 Å². The van der Waals surface area contributed by atoms with Gasteiger partial charge in [0.15, 0.2) is 11.5 Å². The first-order valence-electron chi connectivity index (χ1n) is 12.7. The first-order chi connectivity index (χ1) is 18.9. The number of sulfonamides is 1. The van der Waals surface area contributed by atoms with Crippen LogP contribution in [-0.2, 0) is 16.6 Å². The fraction of sp³-hybridized carbons (Fsp3) is 0.407. The predicted molar refractivity (Wildman–Crippen MR) is 150 cm³/mol. The third kappa shape index (κ3) is 6.42. The van der Waals surface area contributed by atoms with Crippen LogP contribution in [0.25, 0.3) is 11.1 Å². The Labute approximate surface area is 234 Å². The Kier molecular flexibility index (Phi) is 8.45. The lowest BCUT2D eigenvalue weighted by molar-refractivity contribution is 0.0974. The standard InChI is InChI=1S/C27H34N6O6S/c1-27(2,3)40(36,37)31-26(35)22-6-7-25(30-29-22)33-10-8-32(9-11-33)17-21-23(38-4)13-18(14-24(21)39-5)19-12-20(34)16-28-15-19/h6-7,12-16,34H,8-11,17H2,1-5H3,(H,31,35). The minimum Gasteiger partial charge on any atom is -0.506 e. The first-order valence-corrected chi connectivity index (χ1v) is 14.2. The summed E-state index contributed by atoms with van der Waals surface area (Å²) in [6.45, 7) is 7.95. The van der Waals surface area contributed by atoms with Gasteiger partial charge in [-0.05, 0) is 56.7 Å². The summed E-state index contributed by atoms with van der Waals surface area (Å²) in [5.74, 6) is 1.22. The van der Waals surface area contributed by atoms with Crippen molar-refractivity contribution in [2.24, 2.45) is 0 Å². The van der Waals surface area contributed by atoms with Gasteiger partial charge in [0, 0.05) is 44.5 Å². The van der Waals surface area contributed by atoms with Crippen LogP contribution in [0.3, 0.4) is 0 Å². The summed E-state index contributed by atoms with van der Waals surface area (Å²) in [5.41, 5.74) is 2.41. The number of benzene rings is 1. The molecule has 12 nitrogen and oxygen atoms in total. The number of amides is 1. The average Bonchev–Trinajstić information content (AvgIpc) is 2.92. The molecule has 3 aromatic rings. The number of hydrogen-bond donors (Lipinski definition) is 2. The third-order valence-electron chi connectivity index (χ3n) is 6.66. The lowest BCUT2D eigenvalue weighted by atomic mass is 10.0. The number of pyridine rings is 1. The van der Waals surface area contributed by atoms with E-state index in [4.69, 9.17) is 9.47 Å². The Balaban J connectivity index is 1.41. The predicted octanol–water partition coefficient (Wildman–Crippen LogP) is 2.44. The lowest BCUT2D eigenvalue weighted by Gasteiger charge is -2.35. The topological polar surface area (TPSA) is 147 Å². The largest absolute Gasteiger partial charge is 0.506 e. The molecule has 4 rings (SSSR count). The van der Waals surface area contributed by atoms with Crippen LogP contribution < -0.4 is 19.1 Å². The molecule has 2 N–H and O–H groups in total. The molecule has 0 atom stereocenters. The summed E-state index contributed by atoms with van der Waals surface area (Å²) >= 11 is 0. The Bertz CT molecular complexity index is 1440. The van der Waals surface area contributed by atoms with Crippen LogP contribution >= 0.6 is 0 Å². The number of aromatic hydroxyl groups is 1. The van der Waals surface area contributed by atoms with Gasteiger partial charge >= 0.3 is 0 Å². The summed E-state index contributed by atoms with van der Waals surface area (Å²) < 4.78 is 36.9. The van der Waals surface area contributed by atoms with Crippen molar-refractivity contribution in [3.05, 3.63) is 54.0 Å². The molecule has 3 heterocycles. The van der Waals surface area contributed by atoms with Crippen LogP contribution in [0.4, 0.5) is 5.82 Å². The van der Waals surface area contributed by atoms with E-state index in [1.165, 1.54) is 33.0 Å². The van der Waals surface area contributed by atoms with Crippen LogP contribution in [0.15, 0.2) is 42.7 Å². The normalized spacial score (nSPS) is 14.6. The van der Waals surface area contributed by atoms with Gasteiger partial charge in [0.25, 0.3) is 5.91 Å². The molecule has 1 amide bonds. The number of piperazine rings is 1. The summed E-state index contributed by atoms with van der Waals surface area (Å²) in [4.78, 5) is 20.8. The second-order valence-corrected chi connectivity index (χ2v) is 12.8. The van der Waals surface area contributed by atoms with E-state index in [0.717, 1.165) is 29.8 Å². The molecule has 1 fully saturated rings. The number of anilines is 1. The molecule has 1 aliphatic rings. The number of methoxy groups -OCH3 is 2. The van der Waals surface area contributed by atoms with Gasteiger partial charge in [-0.25, -0.2) is 13.1 Å². The van der Waals surface area contributed by atoms with Crippen LogP contribution in [0.5, 0.6) is 17.2 Å². The van der Waals surface area contributed by atoms with Gasteiger partial charge in [-0.2, -0.15) is 0 Å². The molecule has 1 aromatic carbocycles. The van der Waals surface area contributed by atoms with Gasteiger partial charge in [0.05, 0.1) is 30.7 Å². The van der Waals surface area contributed by atoms with Gasteiger partial charge in [-0.1, -0.05) is 0 Å². The number of carbonyl (C=O) groups is 1. The SMILES string of the molecule is COc1cc(-c2cncc(O)c2)cc(OC)c1CN1CCN(c2ccc(C(=O)NS(=O)(=O)C(C)(C)C)nn2)CC1. The molecule has 1 saturated heterocycles. The molecular weight excluding hydrogens is 536 g/mol. The number of ether oxygens (including phenoxy) is 2. The van der Waals surface area contributed by atoms with Crippen molar-refractivity contribution in [1.82, 2.24) is 24.8 Å². The maximum absolute atomic E-state index is 12.4. The van der Waals surface area contributed by atoms with Crippen molar-refractivity contribution in [1.29, 1.82) is 0 Å². The molecule has 214 valence electrons. The van der Waals surface area contributed by atoms with Gasteiger partial charge in [-0.15, -0.1) is 10.2 Å². The van der Waals surface area contributed by atoms with Crippen LogP contribution in [0.1, 0.15) is 36.8 Å². The zero-order valence-corrected chi connectivity index (χ0v) is 24.0.